The Morgan fingerprint density at radius 3 is 2.81 bits per heavy atom. The van der Waals surface area contributed by atoms with Crippen LogP contribution in [0.25, 0.3) is 0 Å². The maximum Gasteiger partial charge on any atom is 0.305 e. The normalized spacial score (nSPS) is 10.4. The van der Waals surface area contributed by atoms with Gasteiger partial charge in [0.25, 0.3) is 0 Å². The van der Waals surface area contributed by atoms with Gasteiger partial charge in [-0.05, 0) is 51.8 Å². The van der Waals surface area contributed by atoms with Crippen molar-refractivity contribution in [1.29, 1.82) is 0 Å². The summed E-state index contributed by atoms with van der Waals surface area (Å²) in [5.74, 6) is 0.697. The number of carbonyl (C=O) groups excluding carboxylic acids is 1. The lowest BCUT2D eigenvalue weighted by Crippen LogP contribution is -2.08. The van der Waals surface area contributed by atoms with Gasteiger partial charge in [-0.25, -0.2) is 0 Å². The molecule has 5 heteroatoms. The second kappa shape index (κ2) is 10.2. The van der Waals surface area contributed by atoms with E-state index in [4.69, 9.17) is 15.2 Å². The molecule has 1 rings (SSSR count). The summed E-state index contributed by atoms with van der Waals surface area (Å²) in [5.41, 5.74) is 7.48. The smallest absolute Gasteiger partial charge is 0.305 e. The first-order chi connectivity index (χ1) is 10.2. The van der Waals surface area contributed by atoms with E-state index in [-0.39, 0.29) is 5.97 Å². The van der Waals surface area contributed by atoms with E-state index in [1.54, 1.807) is 0 Å². The highest BCUT2D eigenvalue weighted by Crippen LogP contribution is 2.17. The van der Waals surface area contributed by atoms with Gasteiger partial charge in [-0.15, -0.1) is 0 Å². The molecular formula is C16H26N2O3. The minimum atomic E-state index is -0.119. The fourth-order valence-corrected chi connectivity index (χ4v) is 2.01. The summed E-state index contributed by atoms with van der Waals surface area (Å²) in [5, 5.41) is 0. The first-order valence-electron chi connectivity index (χ1n) is 7.62. The second-order valence-electron chi connectivity index (χ2n) is 4.90. The lowest BCUT2D eigenvalue weighted by molar-refractivity contribution is -0.143. The fraction of sp³-hybridized carbons (Fsp3) is 0.625. The van der Waals surface area contributed by atoms with Crippen LogP contribution in [0.5, 0.6) is 5.75 Å². The number of nitrogens with zero attached hydrogens (tertiary/aromatic N) is 1. The summed E-state index contributed by atoms with van der Waals surface area (Å²) in [6.07, 6.45) is 3.90. The third-order valence-corrected chi connectivity index (χ3v) is 3.04. The Kier molecular flexibility index (Phi) is 8.43. The Labute approximate surface area is 126 Å². The molecule has 0 fully saturated rings. The first-order valence-corrected chi connectivity index (χ1v) is 7.62. The molecule has 118 valence electrons. The predicted octanol–water partition coefficient (Wildman–Crippen LogP) is 2.39. The van der Waals surface area contributed by atoms with E-state index in [0.717, 1.165) is 42.8 Å². The number of aryl methyl sites for hydroxylation is 1. The van der Waals surface area contributed by atoms with Crippen LogP contribution in [-0.2, 0) is 16.0 Å². The number of nitrogens with two attached hydrogens (primary N) is 1. The molecular weight excluding hydrogens is 268 g/mol. The maximum atomic E-state index is 11.2. The Bertz CT molecular complexity index is 436. The van der Waals surface area contributed by atoms with Gasteiger partial charge in [0.15, 0.2) is 0 Å². The number of hydrogen-bond donors (Lipinski definition) is 1. The van der Waals surface area contributed by atoms with Crippen molar-refractivity contribution in [2.24, 2.45) is 5.73 Å². The van der Waals surface area contributed by atoms with Crippen molar-refractivity contribution in [1.82, 2.24) is 4.98 Å². The number of pyridine rings is 1. The summed E-state index contributed by atoms with van der Waals surface area (Å²) in [6, 6.07) is 3.89. The average Bonchev–Trinajstić information content (AvgIpc) is 2.45. The van der Waals surface area contributed by atoms with Gasteiger partial charge >= 0.3 is 5.97 Å². The van der Waals surface area contributed by atoms with E-state index in [2.05, 4.69) is 4.98 Å². The highest BCUT2D eigenvalue weighted by Gasteiger charge is 2.05. The van der Waals surface area contributed by atoms with Crippen LogP contribution < -0.4 is 10.5 Å². The van der Waals surface area contributed by atoms with Gasteiger partial charge in [0.2, 0.25) is 0 Å². The second-order valence-corrected chi connectivity index (χ2v) is 4.90. The van der Waals surface area contributed by atoms with Crippen molar-refractivity contribution in [2.75, 3.05) is 19.8 Å². The predicted molar refractivity (Wildman–Crippen MR) is 82.3 cm³/mol. The zero-order chi connectivity index (χ0) is 15.5. The average molecular weight is 294 g/mol. The quantitative estimate of drug-likeness (QED) is 0.530. The molecule has 0 spiro atoms. The fourth-order valence-electron chi connectivity index (χ4n) is 2.01. The Balaban J connectivity index is 2.25. The van der Waals surface area contributed by atoms with E-state index >= 15 is 0 Å². The molecule has 5 nitrogen and oxygen atoms in total. The lowest BCUT2D eigenvalue weighted by Gasteiger charge is -2.11. The van der Waals surface area contributed by atoms with Crippen LogP contribution in [0.1, 0.15) is 44.0 Å². The molecule has 0 saturated carbocycles. The van der Waals surface area contributed by atoms with Crippen LogP contribution in [0, 0.1) is 6.92 Å². The minimum Gasteiger partial charge on any atom is -0.492 e. The summed E-state index contributed by atoms with van der Waals surface area (Å²) >= 11 is 0. The van der Waals surface area contributed by atoms with E-state index in [0.29, 0.717) is 26.2 Å². The van der Waals surface area contributed by atoms with Gasteiger partial charge in [0.1, 0.15) is 5.75 Å². The number of carbonyl (C=O) groups is 1. The van der Waals surface area contributed by atoms with Crippen molar-refractivity contribution in [3.63, 3.8) is 0 Å². The van der Waals surface area contributed by atoms with Crippen molar-refractivity contribution in [3.05, 3.63) is 23.5 Å². The standard InChI is InChI=1S/C16H26N2O3/c1-3-20-16(19)7-5-4-6-12-21-15-9-8-13(2)18-14(15)10-11-17/h8-9H,3-7,10-12,17H2,1-2H3. The maximum absolute atomic E-state index is 11.2. The van der Waals surface area contributed by atoms with Gasteiger partial charge < -0.3 is 15.2 Å². The molecule has 0 aliphatic heterocycles. The third-order valence-electron chi connectivity index (χ3n) is 3.04. The molecule has 0 bridgehead atoms. The minimum absolute atomic E-state index is 0.119. The Morgan fingerprint density at radius 2 is 2.10 bits per heavy atom. The van der Waals surface area contributed by atoms with Crippen molar-refractivity contribution in [2.45, 2.75) is 46.0 Å². The highest BCUT2D eigenvalue weighted by molar-refractivity contribution is 5.69. The summed E-state index contributed by atoms with van der Waals surface area (Å²) in [6.45, 7) is 5.42. The van der Waals surface area contributed by atoms with Crippen molar-refractivity contribution >= 4 is 5.97 Å². The van der Waals surface area contributed by atoms with E-state index < -0.39 is 0 Å². The summed E-state index contributed by atoms with van der Waals surface area (Å²) in [7, 11) is 0. The molecule has 21 heavy (non-hydrogen) atoms. The van der Waals surface area contributed by atoms with Crippen LogP contribution in [0.2, 0.25) is 0 Å². The SMILES string of the molecule is CCOC(=O)CCCCCOc1ccc(C)nc1CCN. The zero-order valence-electron chi connectivity index (χ0n) is 13.1. The molecule has 0 saturated heterocycles. The topological polar surface area (TPSA) is 74.4 Å². The van der Waals surface area contributed by atoms with E-state index in [9.17, 15) is 4.79 Å². The van der Waals surface area contributed by atoms with Gasteiger partial charge in [-0.1, -0.05) is 0 Å². The molecule has 0 atom stereocenters. The molecule has 0 unspecified atom stereocenters. The first kappa shape index (κ1) is 17.4. The summed E-state index contributed by atoms with van der Waals surface area (Å²) in [4.78, 5) is 15.6. The van der Waals surface area contributed by atoms with Gasteiger partial charge in [0, 0.05) is 18.5 Å². The summed E-state index contributed by atoms with van der Waals surface area (Å²) < 4.78 is 10.6. The number of ether oxygens (including phenoxy) is 2. The number of esters is 1. The Morgan fingerprint density at radius 1 is 1.29 bits per heavy atom. The molecule has 0 amide bonds. The largest absolute Gasteiger partial charge is 0.492 e. The van der Waals surface area contributed by atoms with Crippen molar-refractivity contribution in [3.8, 4) is 5.75 Å². The number of rotatable bonds is 10. The van der Waals surface area contributed by atoms with Crippen LogP contribution in [0.15, 0.2) is 12.1 Å². The molecule has 0 aliphatic carbocycles. The van der Waals surface area contributed by atoms with Crippen LogP contribution in [0.4, 0.5) is 0 Å². The molecule has 1 heterocycles. The van der Waals surface area contributed by atoms with Crippen LogP contribution in [0.3, 0.4) is 0 Å². The molecule has 2 N–H and O–H groups in total. The Hall–Kier alpha value is -1.62. The molecule has 1 aromatic heterocycles. The van der Waals surface area contributed by atoms with E-state index in [1.165, 1.54) is 0 Å². The van der Waals surface area contributed by atoms with Gasteiger partial charge in [0.05, 0.1) is 18.9 Å². The number of hydrogen-bond acceptors (Lipinski definition) is 5. The van der Waals surface area contributed by atoms with Crippen molar-refractivity contribution < 1.29 is 14.3 Å². The number of unbranched alkanes of at least 4 members (excludes halogenated alkanes) is 2. The van der Waals surface area contributed by atoms with Gasteiger partial charge in [-0.2, -0.15) is 0 Å². The molecule has 1 aromatic rings. The highest BCUT2D eigenvalue weighted by atomic mass is 16.5. The molecule has 0 aromatic carbocycles. The molecule has 0 aliphatic rings. The zero-order valence-corrected chi connectivity index (χ0v) is 13.1. The molecule has 0 radical (unpaired) electrons. The third kappa shape index (κ3) is 7.09. The lowest BCUT2D eigenvalue weighted by atomic mass is 10.2. The monoisotopic (exact) mass is 294 g/mol. The van der Waals surface area contributed by atoms with Crippen LogP contribution >= 0.6 is 0 Å². The number of aromatic nitrogens is 1. The van der Waals surface area contributed by atoms with E-state index in [1.807, 2.05) is 26.0 Å². The van der Waals surface area contributed by atoms with Crippen LogP contribution in [-0.4, -0.2) is 30.7 Å². The van der Waals surface area contributed by atoms with Gasteiger partial charge in [-0.3, -0.25) is 9.78 Å².